The molecule has 1 amide bonds. The Balaban J connectivity index is 1.46. The van der Waals surface area contributed by atoms with Crippen LogP contribution >= 0.6 is 0 Å². The van der Waals surface area contributed by atoms with Gasteiger partial charge in [0.05, 0.1) is 5.69 Å². The number of hydrogen-bond donors (Lipinski definition) is 1. The number of fused-ring (bicyclic) bond motifs is 1. The van der Waals surface area contributed by atoms with E-state index in [0.29, 0.717) is 24.9 Å². The number of anilines is 3. The van der Waals surface area contributed by atoms with Crippen molar-refractivity contribution in [2.75, 3.05) is 28.7 Å². The van der Waals surface area contributed by atoms with Gasteiger partial charge in [-0.3, -0.25) is 4.79 Å². The summed E-state index contributed by atoms with van der Waals surface area (Å²) in [4.78, 5) is 28.9. The average Bonchev–Trinajstić information content (AvgIpc) is 2.75. The third-order valence-electron chi connectivity index (χ3n) is 5.86. The summed E-state index contributed by atoms with van der Waals surface area (Å²) in [6.07, 6.45) is 3.12. The minimum Gasteiger partial charge on any atom is -0.474 e. The van der Waals surface area contributed by atoms with Crippen LogP contribution in [0.4, 0.5) is 26.2 Å². The maximum absolute atomic E-state index is 12.9. The highest BCUT2D eigenvalue weighted by Crippen LogP contribution is 2.39. The van der Waals surface area contributed by atoms with Gasteiger partial charge in [0.15, 0.2) is 5.82 Å². The largest absolute Gasteiger partial charge is 0.474 e. The van der Waals surface area contributed by atoms with Crippen LogP contribution in [0.25, 0.3) is 0 Å². The van der Waals surface area contributed by atoms with E-state index in [-0.39, 0.29) is 18.9 Å². The lowest BCUT2D eigenvalue weighted by Gasteiger charge is -2.34. The molecule has 0 unspecified atom stereocenters. The maximum Gasteiger partial charge on any atom is 0.255 e. The Bertz CT molecular complexity index is 962. The van der Waals surface area contributed by atoms with E-state index in [1.54, 1.807) is 17.2 Å². The monoisotopic (exact) mass is 446 g/mol. The smallest absolute Gasteiger partial charge is 0.255 e. The molecule has 0 radical (unpaired) electrons. The summed E-state index contributed by atoms with van der Waals surface area (Å²) in [5.74, 6) is -1.07. The normalized spacial score (nSPS) is 17.5. The minimum absolute atomic E-state index is 0.199. The van der Waals surface area contributed by atoms with Gasteiger partial charge in [-0.1, -0.05) is 6.07 Å². The molecule has 0 bridgehead atoms. The second-order valence-electron chi connectivity index (χ2n) is 8.64. The fourth-order valence-corrected chi connectivity index (χ4v) is 3.79. The third-order valence-corrected chi connectivity index (χ3v) is 5.86. The third kappa shape index (κ3) is 4.73. The molecule has 2 aliphatic rings. The Morgan fingerprint density at radius 3 is 2.75 bits per heavy atom. The van der Waals surface area contributed by atoms with Crippen molar-refractivity contribution in [3.8, 4) is 5.88 Å². The standard InChI is InChI=1S/C22H28F2N6O2/c1-14(2)29(3)20-19-17(5-4-8-30(19)13-31)27-21(28-20)26-12-15-6-7-18(25-11-15)32-16-9-22(23,24)10-16/h6-7,11,13-14,16H,4-5,8-10,12H2,1-3H3,(H,26,27,28). The van der Waals surface area contributed by atoms with Crippen molar-refractivity contribution in [3.63, 3.8) is 0 Å². The Morgan fingerprint density at radius 2 is 2.12 bits per heavy atom. The molecule has 10 heteroatoms. The lowest BCUT2D eigenvalue weighted by molar-refractivity contribution is -0.135. The van der Waals surface area contributed by atoms with Gasteiger partial charge in [-0.2, -0.15) is 4.98 Å². The highest BCUT2D eigenvalue weighted by molar-refractivity contribution is 5.85. The van der Waals surface area contributed by atoms with E-state index in [1.165, 1.54) is 0 Å². The van der Waals surface area contributed by atoms with E-state index in [1.807, 2.05) is 18.0 Å². The summed E-state index contributed by atoms with van der Waals surface area (Å²) in [6, 6.07) is 3.71. The number of carbonyl (C=O) groups is 1. The summed E-state index contributed by atoms with van der Waals surface area (Å²) in [6.45, 7) is 5.23. The number of amides is 1. The number of rotatable bonds is 8. The summed E-state index contributed by atoms with van der Waals surface area (Å²) >= 11 is 0. The fourth-order valence-electron chi connectivity index (χ4n) is 3.79. The molecule has 2 aromatic heterocycles. The zero-order valence-corrected chi connectivity index (χ0v) is 18.5. The van der Waals surface area contributed by atoms with Gasteiger partial charge >= 0.3 is 0 Å². The molecule has 0 aromatic carbocycles. The van der Waals surface area contributed by atoms with E-state index in [2.05, 4.69) is 29.1 Å². The number of pyridine rings is 1. The molecule has 8 nitrogen and oxygen atoms in total. The predicted molar refractivity (Wildman–Crippen MR) is 117 cm³/mol. The van der Waals surface area contributed by atoms with Crippen LogP contribution in [0, 0.1) is 0 Å². The number of halogens is 2. The van der Waals surface area contributed by atoms with Crippen molar-refractivity contribution in [2.45, 2.75) is 64.1 Å². The molecule has 0 saturated heterocycles. The van der Waals surface area contributed by atoms with Crippen LogP contribution in [-0.4, -0.2) is 53.0 Å². The van der Waals surface area contributed by atoms with E-state index < -0.39 is 12.0 Å². The van der Waals surface area contributed by atoms with Crippen molar-refractivity contribution in [1.82, 2.24) is 15.0 Å². The van der Waals surface area contributed by atoms with E-state index in [4.69, 9.17) is 9.72 Å². The molecule has 0 atom stereocenters. The summed E-state index contributed by atoms with van der Waals surface area (Å²) in [7, 11) is 1.95. The van der Waals surface area contributed by atoms with Crippen LogP contribution in [0.1, 0.15) is 44.4 Å². The number of carbonyl (C=O) groups excluding carboxylic acids is 1. The zero-order valence-electron chi connectivity index (χ0n) is 18.5. The lowest BCUT2D eigenvalue weighted by Crippen LogP contribution is -2.43. The number of ether oxygens (including phenoxy) is 1. The highest BCUT2D eigenvalue weighted by atomic mass is 19.3. The second kappa shape index (κ2) is 8.84. The number of aryl methyl sites for hydroxylation is 1. The summed E-state index contributed by atoms with van der Waals surface area (Å²) < 4.78 is 31.4. The SMILES string of the molecule is CC(C)N(C)c1nc(NCc2ccc(OC3CC(F)(F)C3)nc2)nc2c1N(C=O)CCC2. The number of hydrogen-bond acceptors (Lipinski definition) is 7. The molecule has 2 aromatic rings. The van der Waals surface area contributed by atoms with Gasteiger partial charge in [0.25, 0.3) is 5.92 Å². The van der Waals surface area contributed by atoms with Crippen LogP contribution in [-0.2, 0) is 17.8 Å². The zero-order chi connectivity index (χ0) is 22.9. The Hall–Kier alpha value is -3.04. The first-order chi connectivity index (χ1) is 15.3. The highest BCUT2D eigenvalue weighted by Gasteiger charge is 2.47. The molecule has 32 heavy (non-hydrogen) atoms. The van der Waals surface area contributed by atoms with Crippen molar-refractivity contribution in [1.29, 1.82) is 0 Å². The van der Waals surface area contributed by atoms with Crippen LogP contribution in [0.15, 0.2) is 18.3 Å². The molecule has 1 aliphatic carbocycles. The van der Waals surface area contributed by atoms with Crippen molar-refractivity contribution in [3.05, 3.63) is 29.6 Å². The Labute approximate surface area is 186 Å². The quantitative estimate of drug-likeness (QED) is 0.622. The molecule has 172 valence electrons. The molecule has 1 aliphatic heterocycles. The second-order valence-corrected chi connectivity index (χ2v) is 8.64. The summed E-state index contributed by atoms with van der Waals surface area (Å²) in [5.41, 5.74) is 2.51. The number of nitrogens with one attached hydrogen (secondary N) is 1. The van der Waals surface area contributed by atoms with Gasteiger partial charge in [0.2, 0.25) is 18.2 Å². The van der Waals surface area contributed by atoms with E-state index in [0.717, 1.165) is 42.0 Å². The molecule has 3 heterocycles. The van der Waals surface area contributed by atoms with Crippen molar-refractivity contribution >= 4 is 23.9 Å². The van der Waals surface area contributed by atoms with E-state index in [9.17, 15) is 13.6 Å². The van der Waals surface area contributed by atoms with Crippen LogP contribution < -0.4 is 19.9 Å². The van der Waals surface area contributed by atoms with Gasteiger partial charge in [0.1, 0.15) is 11.8 Å². The molecule has 1 fully saturated rings. The first-order valence-corrected chi connectivity index (χ1v) is 10.8. The van der Waals surface area contributed by atoms with Crippen molar-refractivity contribution in [2.24, 2.45) is 0 Å². The number of aromatic nitrogens is 3. The van der Waals surface area contributed by atoms with Crippen LogP contribution in [0.5, 0.6) is 5.88 Å². The van der Waals surface area contributed by atoms with E-state index >= 15 is 0 Å². The average molecular weight is 447 g/mol. The Kier molecular flexibility index (Phi) is 6.12. The topological polar surface area (TPSA) is 83.5 Å². The predicted octanol–water partition coefficient (Wildman–Crippen LogP) is 3.41. The first kappa shape index (κ1) is 22.2. The van der Waals surface area contributed by atoms with Crippen molar-refractivity contribution < 1.29 is 18.3 Å². The molecule has 0 spiro atoms. The molecule has 1 saturated carbocycles. The van der Waals surface area contributed by atoms with Crippen LogP contribution in [0.2, 0.25) is 0 Å². The fraction of sp³-hybridized carbons (Fsp3) is 0.545. The van der Waals surface area contributed by atoms with Gasteiger partial charge in [-0.25, -0.2) is 18.7 Å². The van der Waals surface area contributed by atoms with Gasteiger partial charge in [0, 0.05) is 51.3 Å². The lowest BCUT2D eigenvalue weighted by atomic mass is 9.91. The first-order valence-electron chi connectivity index (χ1n) is 10.8. The van der Waals surface area contributed by atoms with Crippen LogP contribution in [0.3, 0.4) is 0 Å². The maximum atomic E-state index is 12.9. The van der Waals surface area contributed by atoms with Gasteiger partial charge in [-0.05, 0) is 32.3 Å². The number of nitrogens with zero attached hydrogens (tertiary/aromatic N) is 5. The molecule has 1 N–H and O–H groups in total. The molecular weight excluding hydrogens is 418 g/mol. The minimum atomic E-state index is -2.62. The van der Waals surface area contributed by atoms with Gasteiger partial charge in [-0.15, -0.1) is 0 Å². The molecular formula is C22H28F2N6O2. The molecule has 4 rings (SSSR count). The summed E-state index contributed by atoms with van der Waals surface area (Å²) in [5, 5.41) is 3.24. The number of alkyl halides is 2. The van der Waals surface area contributed by atoms with Gasteiger partial charge < -0.3 is 19.9 Å². The Morgan fingerprint density at radius 1 is 1.34 bits per heavy atom.